The van der Waals surface area contributed by atoms with Crippen LogP contribution in [0.3, 0.4) is 0 Å². The lowest BCUT2D eigenvalue weighted by Gasteiger charge is -2.09. The molecule has 17 heavy (non-hydrogen) atoms. The van der Waals surface area contributed by atoms with Gasteiger partial charge in [0.25, 0.3) is 0 Å². The van der Waals surface area contributed by atoms with Gasteiger partial charge in [-0.1, -0.05) is 0 Å². The van der Waals surface area contributed by atoms with Crippen LogP contribution in [0.1, 0.15) is 6.42 Å². The highest BCUT2D eigenvalue weighted by Gasteiger charge is 2.17. The Hall–Kier alpha value is -1.18. The third kappa shape index (κ3) is 3.95. The van der Waals surface area contributed by atoms with Crippen molar-refractivity contribution in [2.45, 2.75) is 11.3 Å². The van der Waals surface area contributed by atoms with Crippen molar-refractivity contribution >= 4 is 15.8 Å². The molecule has 0 saturated heterocycles. The molecule has 0 aromatic carbocycles. The number of hydrogen-bond acceptors (Lipinski definition) is 5. The molecule has 0 amide bonds. The summed E-state index contributed by atoms with van der Waals surface area (Å²) in [5, 5.41) is 2.75. The first-order valence-electron chi connectivity index (χ1n) is 5.23. The molecule has 0 aliphatic rings. The Morgan fingerprint density at radius 2 is 2.24 bits per heavy atom. The van der Waals surface area contributed by atoms with Gasteiger partial charge >= 0.3 is 0 Å². The number of rotatable bonds is 7. The monoisotopic (exact) mass is 259 g/mol. The molecular formula is C10H17N3O3S. The summed E-state index contributed by atoms with van der Waals surface area (Å²) in [6.45, 7) is 0.864. The molecule has 0 atom stereocenters. The van der Waals surface area contributed by atoms with Crippen molar-refractivity contribution in [1.29, 1.82) is 0 Å². The minimum atomic E-state index is -3.51. The Balaban J connectivity index is 2.75. The lowest BCUT2D eigenvalue weighted by molar-refractivity contribution is 0.196. The first-order chi connectivity index (χ1) is 8.11. The van der Waals surface area contributed by atoms with E-state index in [1.807, 2.05) is 0 Å². The summed E-state index contributed by atoms with van der Waals surface area (Å²) in [6, 6.07) is 3.10. The number of pyridine rings is 1. The van der Waals surface area contributed by atoms with Crippen molar-refractivity contribution in [2.75, 3.05) is 32.6 Å². The first kappa shape index (κ1) is 13.9. The van der Waals surface area contributed by atoms with Crippen molar-refractivity contribution in [3.8, 4) is 0 Å². The van der Waals surface area contributed by atoms with E-state index >= 15 is 0 Å². The molecule has 6 nitrogen and oxygen atoms in total. The number of sulfonamides is 1. The Labute approximate surface area is 101 Å². The van der Waals surface area contributed by atoms with Crippen LogP contribution in [0.2, 0.25) is 0 Å². The van der Waals surface area contributed by atoms with Crippen LogP contribution in [-0.2, 0) is 14.8 Å². The van der Waals surface area contributed by atoms with Crippen LogP contribution in [0.4, 0.5) is 5.82 Å². The number of methoxy groups -OCH3 is 1. The van der Waals surface area contributed by atoms with Gasteiger partial charge in [-0.3, -0.25) is 0 Å². The van der Waals surface area contributed by atoms with Gasteiger partial charge < -0.3 is 10.1 Å². The fourth-order valence-electron chi connectivity index (χ4n) is 1.30. The summed E-state index contributed by atoms with van der Waals surface area (Å²) < 4.78 is 31.2. The highest BCUT2D eigenvalue weighted by molar-refractivity contribution is 7.89. The van der Waals surface area contributed by atoms with Gasteiger partial charge in [0.15, 0.2) is 0 Å². The summed E-state index contributed by atoms with van der Waals surface area (Å²) >= 11 is 0. The minimum absolute atomic E-state index is 0.153. The van der Waals surface area contributed by atoms with Crippen LogP contribution in [0, 0.1) is 0 Å². The van der Waals surface area contributed by atoms with Crippen molar-refractivity contribution in [2.24, 2.45) is 0 Å². The van der Waals surface area contributed by atoms with Crippen molar-refractivity contribution in [1.82, 2.24) is 9.71 Å². The number of nitrogens with zero attached hydrogens (tertiary/aromatic N) is 1. The zero-order valence-corrected chi connectivity index (χ0v) is 10.8. The lowest BCUT2D eigenvalue weighted by Crippen LogP contribution is -2.26. The average Bonchev–Trinajstić information content (AvgIpc) is 2.34. The van der Waals surface area contributed by atoms with Crippen LogP contribution in [0.5, 0.6) is 0 Å². The SMILES string of the molecule is CNc1ncccc1S(=O)(=O)NCCCOC. The van der Waals surface area contributed by atoms with Crippen LogP contribution in [0.15, 0.2) is 23.2 Å². The highest BCUT2D eigenvalue weighted by atomic mass is 32.2. The van der Waals surface area contributed by atoms with Gasteiger partial charge in [0.1, 0.15) is 10.7 Å². The Bertz CT molecular complexity index is 448. The summed E-state index contributed by atoms with van der Waals surface area (Å²) in [4.78, 5) is 4.11. The Morgan fingerprint density at radius 1 is 1.47 bits per heavy atom. The van der Waals surface area contributed by atoms with E-state index in [4.69, 9.17) is 4.74 Å². The molecule has 0 aliphatic carbocycles. The first-order valence-corrected chi connectivity index (χ1v) is 6.71. The molecule has 0 unspecified atom stereocenters. The second kappa shape index (κ2) is 6.53. The molecule has 0 bridgehead atoms. The van der Waals surface area contributed by atoms with Crippen LogP contribution < -0.4 is 10.0 Å². The summed E-state index contributed by atoms with van der Waals surface area (Å²) in [5.41, 5.74) is 0. The van der Waals surface area contributed by atoms with Gasteiger partial charge in [-0.15, -0.1) is 0 Å². The predicted octanol–water partition coefficient (Wildman–Crippen LogP) is 0.438. The summed E-state index contributed by atoms with van der Waals surface area (Å²) in [6.07, 6.45) is 2.17. The van der Waals surface area contributed by atoms with Crippen molar-refractivity contribution in [3.05, 3.63) is 18.3 Å². The van der Waals surface area contributed by atoms with Crippen molar-refractivity contribution < 1.29 is 13.2 Å². The number of hydrogen-bond donors (Lipinski definition) is 2. The molecule has 0 radical (unpaired) electrons. The van der Waals surface area contributed by atoms with E-state index in [9.17, 15) is 8.42 Å². The quantitative estimate of drug-likeness (QED) is 0.694. The number of anilines is 1. The third-order valence-electron chi connectivity index (χ3n) is 2.11. The Kier molecular flexibility index (Phi) is 5.33. The van der Waals surface area contributed by atoms with E-state index in [1.54, 1.807) is 20.2 Å². The standard InChI is InChI=1S/C10H17N3O3S/c1-11-10-9(5-3-6-12-10)17(14,15)13-7-4-8-16-2/h3,5-6,13H,4,7-8H2,1-2H3,(H,11,12). The van der Waals surface area contributed by atoms with Gasteiger partial charge in [-0.2, -0.15) is 0 Å². The van der Waals surface area contributed by atoms with E-state index < -0.39 is 10.0 Å². The molecule has 0 spiro atoms. The lowest BCUT2D eigenvalue weighted by atomic mass is 10.5. The molecule has 1 aromatic heterocycles. The van der Waals surface area contributed by atoms with E-state index in [0.717, 1.165) is 0 Å². The third-order valence-corrected chi connectivity index (χ3v) is 3.61. The molecule has 1 heterocycles. The Morgan fingerprint density at radius 3 is 2.88 bits per heavy atom. The second-order valence-electron chi connectivity index (χ2n) is 3.34. The van der Waals surface area contributed by atoms with Crippen LogP contribution in [-0.4, -0.2) is 40.7 Å². The zero-order chi connectivity index (χ0) is 12.7. The molecule has 0 fully saturated rings. The van der Waals surface area contributed by atoms with E-state index in [0.29, 0.717) is 25.4 Å². The molecule has 7 heteroatoms. The number of aromatic nitrogens is 1. The maximum absolute atomic E-state index is 11.9. The molecule has 1 rings (SSSR count). The molecule has 2 N–H and O–H groups in total. The zero-order valence-electron chi connectivity index (χ0n) is 9.93. The van der Waals surface area contributed by atoms with Crippen LogP contribution >= 0.6 is 0 Å². The predicted molar refractivity (Wildman–Crippen MR) is 65.5 cm³/mol. The molecular weight excluding hydrogens is 242 g/mol. The number of nitrogens with one attached hydrogen (secondary N) is 2. The molecule has 96 valence electrons. The van der Waals surface area contributed by atoms with E-state index in [2.05, 4.69) is 15.0 Å². The maximum Gasteiger partial charge on any atom is 0.244 e. The smallest absolute Gasteiger partial charge is 0.244 e. The molecule has 1 aromatic rings. The fraction of sp³-hybridized carbons (Fsp3) is 0.500. The van der Waals surface area contributed by atoms with Crippen molar-refractivity contribution in [3.63, 3.8) is 0 Å². The van der Waals surface area contributed by atoms with Gasteiger partial charge in [0, 0.05) is 33.5 Å². The topological polar surface area (TPSA) is 80.3 Å². The van der Waals surface area contributed by atoms with Gasteiger partial charge in [0.2, 0.25) is 10.0 Å². The summed E-state index contributed by atoms with van der Waals surface area (Å²) in [7, 11) is -0.305. The van der Waals surface area contributed by atoms with Gasteiger partial charge in [-0.05, 0) is 18.6 Å². The van der Waals surface area contributed by atoms with Crippen LogP contribution in [0.25, 0.3) is 0 Å². The van der Waals surface area contributed by atoms with Gasteiger partial charge in [0.05, 0.1) is 0 Å². The van der Waals surface area contributed by atoms with Gasteiger partial charge in [-0.25, -0.2) is 18.1 Å². The highest BCUT2D eigenvalue weighted by Crippen LogP contribution is 2.16. The maximum atomic E-state index is 11.9. The fourth-order valence-corrected chi connectivity index (χ4v) is 2.53. The minimum Gasteiger partial charge on any atom is -0.385 e. The number of ether oxygens (including phenoxy) is 1. The molecule has 0 aliphatic heterocycles. The largest absolute Gasteiger partial charge is 0.385 e. The molecule has 0 saturated carbocycles. The summed E-state index contributed by atoms with van der Waals surface area (Å²) in [5.74, 6) is 0.340. The normalized spacial score (nSPS) is 11.4. The second-order valence-corrected chi connectivity index (χ2v) is 5.08. The average molecular weight is 259 g/mol. The van der Waals surface area contributed by atoms with E-state index in [-0.39, 0.29) is 4.90 Å². The van der Waals surface area contributed by atoms with E-state index in [1.165, 1.54) is 12.3 Å².